The highest BCUT2D eigenvalue weighted by Gasteiger charge is 2.50. The van der Waals surface area contributed by atoms with Crippen LogP contribution >= 0.6 is 0 Å². The molecule has 6 nitrogen and oxygen atoms in total. The summed E-state index contributed by atoms with van der Waals surface area (Å²) in [5, 5.41) is 0.892. The average molecular weight is 463 g/mol. The number of rotatable bonds is 5. The highest BCUT2D eigenvalue weighted by Crippen LogP contribution is 2.38. The molecule has 3 aromatic rings. The lowest BCUT2D eigenvalue weighted by atomic mass is 9.80. The number of fused-ring (bicyclic) bond motifs is 1. The second-order valence-corrected chi connectivity index (χ2v) is 10.9. The quantitative estimate of drug-likeness (QED) is 0.423. The topological polar surface area (TPSA) is 58.9 Å². The molecule has 0 spiro atoms. The van der Waals surface area contributed by atoms with Crippen LogP contribution in [0.4, 0.5) is 4.79 Å². The lowest BCUT2D eigenvalue weighted by Crippen LogP contribution is -2.41. The van der Waals surface area contributed by atoms with Crippen molar-refractivity contribution in [2.24, 2.45) is 0 Å². The van der Waals surface area contributed by atoms with Gasteiger partial charge >= 0.3 is 13.2 Å². The second-order valence-electron chi connectivity index (χ2n) is 10.9. The first-order valence-electron chi connectivity index (χ1n) is 11.7. The van der Waals surface area contributed by atoms with Crippen LogP contribution in [0, 0.1) is 0 Å². The molecular weight excluding hydrogens is 429 g/mol. The van der Waals surface area contributed by atoms with Crippen molar-refractivity contribution >= 4 is 24.1 Å². The van der Waals surface area contributed by atoms with Gasteiger partial charge in [-0.15, -0.1) is 0 Å². The van der Waals surface area contributed by atoms with Crippen LogP contribution in [0.1, 0.15) is 59.6 Å². The summed E-state index contributed by atoms with van der Waals surface area (Å²) < 4.78 is 25.8. The number of hydrogen-bond acceptors (Lipinski definition) is 5. The Bertz CT molecular complexity index is 1160. The number of aromatic nitrogens is 1. The van der Waals surface area contributed by atoms with E-state index >= 15 is 0 Å². The first-order valence-corrected chi connectivity index (χ1v) is 11.7. The zero-order valence-electron chi connectivity index (χ0n) is 21.2. The van der Waals surface area contributed by atoms with Gasteiger partial charge in [-0.3, -0.25) is 0 Å². The van der Waals surface area contributed by atoms with Gasteiger partial charge in [0.1, 0.15) is 23.5 Å². The monoisotopic (exact) mass is 463 g/mol. The van der Waals surface area contributed by atoms with Gasteiger partial charge in [0.15, 0.2) is 0 Å². The summed E-state index contributed by atoms with van der Waals surface area (Å²) >= 11 is 0. The summed E-state index contributed by atoms with van der Waals surface area (Å²) in [4.78, 5) is 12.9. The SMILES string of the molecule is CC(C)(C)OC(=O)n1ccc2cc(CB3OC(C)(C)C(C)(C)O3)cc(OCc3ccccc3)c21. The predicted molar refractivity (Wildman–Crippen MR) is 134 cm³/mol. The molecular formula is C27H34BNO5. The molecule has 1 aromatic heterocycles. The van der Waals surface area contributed by atoms with Gasteiger partial charge < -0.3 is 18.8 Å². The molecule has 34 heavy (non-hydrogen) atoms. The zero-order valence-corrected chi connectivity index (χ0v) is 21.2. The zero-order chi connectivity index (χ0) is 24.7. The van der Waals surface area contributed by atoms with Crippen molar-refractivity contribution in [3.8, 4) is 5.75 Å². The van der Waals surface area contributed by atoms with Gasteiger partial charge in [0.25, 0.3) is 0 Å². The van der Waals surface area contributed by atoms with Crippen LogP contribution in [-0.2, 0) is 27.0 Å². The van der Waals surface area contributed by atoms with Crippen molar-refractivity contribution in [3.05, 3.63) is 65.9 Å². The molecule has 0 atom stereocenters. The summed E-state index contributed by atoms with van der Waals surface area (Å²) in [6.45, 7) is 14.1. The molecule has 1 aliphatic heterocycles. The summed E-state index contributed by atoms with van der Waals surface area (Å²) in [5.41, 5.74) is 1.35. The second kappa shape index (κ2) is 8.79. The molecule has 2 heterocycles. The highest BCUT2D eigenvalue weighted by atomic mass is 16.7. The van der Waals surface area contributed by atoms with E-state index < -0.39 is 22.9 Å². The molecule has 2 aromatic carbocycles. The van der Waals surface area contributed by atoms with E-state index in [2.05, 4.69) is 6.07 Å². The van der Waals surface area contributed by atoms with Gasteiger partial charge in [-0.25, -0.2) is 9.36 Å². The van der Waals surface area contributed by atoms with Crippen LogP contribution < -0.4 is 4.74 Å². The lowest BCUT2D eigenvalue weighted by molar-refractivity contribution is 0.00578. The molecule has 0 bridgehead atoms. The summed E-state index contributed by atoms with van der Waals surface area (Å²) in [7, 11) is -0.364. The molecule has 180 valence electrons. The van der Waals surface area contributed by atoms with E-state index in [1.165, 1.54) is 4.57 Å². The molecule has 0 radical (unpaired) electrons. The van der Waals surface area contributed by atoms with E-state index in [0.717, 1.165) is 16.5 Å². The van der Waals surface area contributed by atoms with Crippen LogP contribution in [0.25, 0.3) is 10.9 Å². The molecule has 7 heteroatoms. The Balaban J connectivity index is 1.68. The number of benzene rings is 2. The normalized spacial score (nSPS) is 17.2. The molecule has 0 aliphatic carbocycles. The largest absolute Gasteiger partial charge is 0.487 e. The molecule has 0 amide bonds. The Morgan fingerprint density at radius 1 is 0.971 bits per heavy atom. The van der Waals surface area contributed by atoms with Gasteiger partial charge in [0, 0.05) is 17.9 Å². The Morgan fingerprint density at radius 3 is 2.24 bits per heavy atom. The van der Waals surface area contributed by atoms with E-state index in [1.807, 2.05) is 90.9 Å². The van der Waals surface area contributed by atoms with E-state index in [0.29, 0.717) is 24.2 Å². The fourth-order valence-electron chi connectivity index (χ4n) is 3.97. The highest BCUT2D eigenvalue weighted by molar-refractivity contribution is 6.45. The summed E-state index contributed by atoms with van der Waals surface area (Å²) in [6.07, 6.45) is 1.86. The molecule has 4 rings (SSSR count). The minimum absolute atomic E-state index is 0.364. The van der Waals surface area contributed by atoms with Crippen molar-refractivity contribution in [2.45, 2.75) is 78.2 Å². The number of nitrogens with zero attached hydrogens (tertiary/aromatic N) is 1. The van der Waals surface area contributed by atoms with Crippen LogP contribution in [0.3, 0.4) is 0 Å². The van der Waals surface area contributed by atoms with Gasteiger partial charge in [-0.05, 0) is 77.8 Å². The Labute approximate surface area is 202 Å². The maximum absolute atomic E-state index is 12.9. The molecule has 1 saturated heterocycles. The predicted octanol–water partition coefficient (Wildman–Crippen LogP) is 6.18. The van der Waals surface area contributed by atoms with Crippen LogP contribution in [0.2, 0.25) is 0 Å². The number of hydrogen-bond donors (Lipinski definition) is 0. The van der Waals surface area contributed by atoms with Crippen molar-refractivity contribution in [2.75, 3.05) is 0 Å². The third-order valence-corrected chi connectivity index (χ3v) is 6.34. The van der Waals surface area contributed by atoms with E-state index in [-0.39, 0.29) is 7.12 Å². The minimum Gasteiger partial charge on any atom is -0.487 e. The van der Waals surface area contributed by atoms with Gasteiger partial charge in [-0.1, -0.05) is 30.3 Å². The van der Waals surface area contributed by atoms with Crippen LogP contribution in [0.15, 0.2) is 54.7 Å². The minimum atomic E-state index is -0.602. The van der Waals surface area contributed by atoms with Crippen molar-refractivity contribution in [1.29, 1.82) is 0 Å². The lowest BCUT2D eigenvalue weighted by Gasteiger charge is -2.32. The molecule has 0 N–H and O–H groups in total. The van der Waals surface area contributed by atoms with Gasteiger partial charge in [-0.2, -0.15) is 0 Å². The van der Waals surface area contributed by atoms with Crippen LogP contribution in [-0.4, -0.2) is 34.6 Å². The maximum Gasteiger partial charge on any atom is 0.462 e. The molecule has 1 fully saturated rings. The molecule has 0 unspecified atom stereocenters. The summed E-state index contributed by atoms with van der Waals surface area (Å²) in [6, 6.07) is 15.9. The smallest absolute Gasteiger partial charge is 0.462 e. The first kappa shape index (κ1) is 24.4. The number of carbonyl (C=O) groups excluding carboxylic acids is 1. The standard InChI is InChI=1S/C27H34BNO5/c1-25(2,3)32-24(30)29-14-13-21-15-20(17-28-33-26(4,5)27(6,7)34-28)16-22(23(21)29)31-18-19-11-9-8-10-12-19/h8-16H,17-18H2,1-7H3. The van der Waals surface area contributed by atoms with E-state index in [9.17, 15) is 4.79 Å². The van der Waals surface area contributed by atoms with Crippen LogP contribution in [0.5, 0.6) is 5.75 Å². The fraction of sp³-hybridized carbons (Fsp3) is 0.444. The maximum atomic E-state index is 12.9. The summed E-state index contributed by atoms with van der Waals surface area (Å²) in [5.74, 6) is 0.615. The third-order valence-electron chi connectivity index (χ3n) is 6.34. The Kier molecular flexibility index (Phi) is 6.30. The Morgan fingerprint density at radius 2 is 1.62 bits per heavy atom. The number of carbonyl (C=O) groups is 1. The first-order chi connectivity index (χ1) is 15.8. The average Bonchev–Trinajstić information content (AvgIpc) is 3.23. The van der Waals surface area contributed by atoms with Crippen molar-refractivity contribution in [3.63, 3.8) is 0 Å². The number of ether oxygens (including phenoxy) is 2. The Hall–Kier alpha value is -2.77. The van der Waals surface area contributed by atoms with E-state index in [1.54, 1.807) is 6.20 Å². The van der Waals surface area contributed by atoms with E-state index in [4.69, 9.17) is 18.8 Å². The van der Waals surface area contributed by atoms with Gasteiger partial charge in [0.05, 0.1) is 11.2 Å². The van der Waals surface area contributed by atoms with Crippen molar-refractivity contribution in [1.82, 2.24) is 4.57 Å². The molecule has 1 aliphatic rings. The van der Waals surface area contributed by atoms with Crippen molar-refractivity contribution < 1.29 is 23.6 Å². The molecule has 0 saturated carbocycles. The third kappa shape index (κ3) is 5.16. The van der Waals surface area contributed by atoms with Gasteiger partial charge in [0.2, 0.25) is 0 Å². The fourth-order valence-corrected chi connectivity index (χ4v) is 3.97.